The van der Waals surface area contributed by atoms with Gasteiger partial charge in [-0.05, 0) is 12.8 Å². The van der Waals surface area contributed by atoms with Gasteiger partial charge in [0.2, 0.25) is 0 Å². The minimum Gasteiger partial charge on any atom is -0.381 e. The number of ether oxygens (including phenoxy) is 4. The first-order valence-corrected chi connectivity index (χ1v) is 24.1. The van der Waals surface area contributed by atoms with Crippen LogP contribution in [0.5, 0.6) is 0 Å². The molecule has 0 aromatic rings. The maximum Gasteiger partial charge on any atom is 0.122 e. The van der Waals surface area contributed by atoms with E-state index in [4.69, 9.17) is 18.9 Å². The minimum atomic E-state index is -0.384. The number of likely N-dealkylation sites (N-methyl/N-ethyl adjacent to an activating group) is 2. The van der Waals surface area contributed by atoms with Crippen molar-refractivity contribution >= 4 is 45.2 Å². The van der Waals surface area contributed by atoms with Crippen molar-refractivity contribution in [1.29, 1.82) is 0 Å². The van der Waals surface area contributed by atoms with Crippen LogP contribution in [0.15, 0.2) is 0 Å². The quantitative estimate of drug-likeness (QED) is 0.0265. The van der Waals surface area contributed by atoms with Crippen molar-refractivity contribution in [1.82, 2.24) is 0 Å². The van der Waals surface area contributed by atoms with Gasteiger partial charge in [-0.2, -0.15) is 0 Å². The predicted molar refractivity (Wildman–Crippen MR) is 240 cm³/mol. The summed E-state index contributed by atoms with van der Waals surface area (Å²) in [7, 11) is 13.4. The highest BCUT2D eigenvalue weighted by Gasteiger charge is 2.46. The third kappa shape index (κ3) is 33.1. The van der Waals surface area contributed by atoms with Crippen molar-refractivity contribution in [3.63, 3.8) is 0 Å². The molecule has 308 valence electrons. The number of nitrogens with zero attached hydrogens (tertiary/aromatic N) is 2. The molecule has 0 amide bonds. The number of alkyl halides is 2. The lowest BCUT2D eigenvalue weighted by molar-refractivity contribution is -0.870. The highest BCUT2D eigenvalue weighted by Crippen LogP contribution is 2.39. The number of halogens is 2. The zero-order valence-corrected chi connectivity index (χ0v) is 39.9. The zero-order valence-electron chi connectivity index (χ0n) is 35.6. The van der Waals surface area contributed by atoms with Gasteiger partial charge in [0, 0.05) is 13.2 Å². The van der Waals surface area contributed by atoms with Gasteiger partial charge in [0.1, 0.15) is 21.3 Å². The molecule has 0 aromatic heterocycles. The molecule has 6 nitrogen and oxygen atoms in total. The summed E-state index contributed by atoms with van der Waals surface area (Å²) in [6, 6.07) is 0. The molecule has 2 unspecified atom stereocenters. The van der Waals surface area contributed by atoms with Crippen molar-refractivity contribution in [2.45, 2.75) is 176 Å². The maximum absolute atomic E-state index is 6.61. The predicted octanol–water partition coefficient (Wildman–Crippen LogP) is 12.4. The smallest absolute Gasteiger partial charge is 0.122 e. The Morgan fingerprint density at radius 2 is 0.647 bits per heavy atom. The van der Waals surface area contributed by atoms with Crippen LogP contribution >= 0.6 is 45.2 Å². The van der Waals surface area contributed by atoms with E-state index in [1.165, 1.54) is 141 Å². The number of hydrogen-bond acceptors (Lipinski definition) is 4. The number of quaternary nitrogens is 2. The minimum absolute atomic E-state index is 0.0726. The van der Waals surface area contributed by atoms with Crippen LogP contribution in [0.4, 0.5) is 0 Å². The fraction of sp³-hybridized carbons (Fsp3) is 1.00. The molecule has 0 aliphatic rings. The standard InChI is InChI=1S/C43H90I2N2O4/c1-9-11-13-15-17-19-21-23-25-27-29-31-35-48-39-43(41(44)50-37-33-46(3,4)5,42(45)51-38-34-47(6,7)8)40-49-36-32-30-28-26-24-22-20-18-16-14-12-10-2/h41-42H,9-40H2,1-8H3/q+2. The average Bonchev–Trinajstić information content (AvgIpc) is 3.06. The Balaban J connectivity index is 4.99. The first-order chi connectivity index (χ1) is 24.4. The van der Waals surface area contributed by atoms with Gasteiger partial charge in [-0.1, -0.05) is 200 Å². The summed E-state index contributed by atoms with van der Waals surface area (Å²) in [6.45, 7) is 10.7. The van der Waals surface area contributed by atoms with Crippen molar-refractivity contribution in [2.24, 2.45) is 5.41 Å². The van der Waals surface area contributed by atoms with Crippen LogP contribution in [0.2, 0.25) is 0 Å². The van der Waals surface area contributed by atoms with Gasteiger partial charge in [-0.25, -0.2) is 0 Å². The molecule has 0 aliphatic heterocycles. The first-order valence-electron chi connectivity index (χ1n) is 21.7. The Morgan fingerprint density at radius 3 is 0.902 bits per heavy atom. The molecule has 0 rings (SSSR count). The van der Waals surface area contributed by atoms with E-state index in [-0.39, 0.29) is 13.6 Å². The molecular weight excluding hydrogens is 862 g/mol. The maximum atomic E-state index is 6.61. The van der Waals surface area contributed by atoms with Gasteiger partial charge in [0.05, 0.1) is 74.1 Å². The van der Waals surface area contributed by atoms with Crippen molar-refractivity contribution in [3.8, 4) is 0 Å². The topological polar surface area (TPSA) is 36.9 Å². The summed E-state index contributed by atoms with van der Waals surface area (Å²) < 4.78 is 27.9. The molecule has 8 heteroatoms. The largest absolute Gasteiger partial charge is 0.381 e. The lowest BCUT2D eigenvalue weighted by Gasteiger charge is -2.41. The number of unbranched alkanes of at least 4 members (excludes halogenated alkanes) is 22. The number of rotatable bonds is 40. The van der Waals surface area contributed by atoms with Crippen LogP contribution in [0.1, 0.15) is 168 Å². The summed E-state index contributed by atoms with van der Waals surface area (Å²) >= 11 is 5.02. The monoisotopic (exact) mass is 952 g/mol. The van der Waals surface area contributed by atoms with E-state index in [1.54, 1.807) is 0 Å². The highest BCUT2D eigenvalue weighted by molar-refractivity contribution is 14.1. The van der Waals surface area contributed by atoms with E-state index in [2.05, 4.69) is 101 Å². The van der Waals surface area contributed by atoms with Gasteiger partial charge >= 0.3 is 0 Å². The SMILES string of the molecule is CCCCCCCCCCCCCCOCC(COCCCCCCCCCCCCCC)(C(I)OCC[N+](C)(C)C)C(I)OCC[N+](C)(C)C. The van der Waals surface area contributed by atoms with E-state index in [1.807, 2.05) is 0 Å². The lowest BCUT2D eigenvalue weighted by atomic mass is 9.92. The van der Waals surface area contributed by atoms with Gasteiger partial charge in [0.25, 0.3) is 0 Å². The number of hydrogen-bond donors (Lipinski definition) is 0. The molecule has 0 saturated carbocycles. The molecule has 2 atom stereocenters. The molecule has 0 saturated heterocycles. The molecule has 0 heterocycles. The Bertz CT molecular complexity index is 672. The van der Waals surface area contributed by atoms with Gasteiger partial charge in [-0.3, -0.25) is 0 Å². The fourth-order valence-corrected chi connectivity index (χ4v) is 8.78. The van der Waals surface area contributed by atoms with Crippen LogP contribution in [0.3, 0.4) is 0 Å². The van der Waals surface area contributed by atoms with Crippen LogP contribution < -0.4 is 0 Å². The Labute approximate surface area is 347 Å². The lowest BCUT2D eigenvalue weighted by Crippen LogP contribution is -2.51. The van der Waals surface area contributed by atoms with Crippen molar-refractivity contribution < 1.29 is 27.9 Å². The Hall–Kier alpha value is 1.22. The first kappa shape index (κ1) is 52.2. The molecule has 0 bridgehead atoms. The van der Waals surface area contributed by atoms with Gasteiger partial charge in [0.15, 0.2) is 0 Å². The summed E-state index contributed by atoms with van der Waals surface area (Å²) in [6.07, 6.45) is 32.5. The average molecular weight is 953 g/mol. The summed E-state index contributed by atoms with van der Waals surface area (Å²) in [4.78, 5) is 0. The van der Waals surface area contributed by atoms with E-state index in [0.717, 1.165) is 48.1 Å². The third-order valence-corrected chi connectivity index (χ3v) is 13.2. The molecular formula is C43H90I2N2O4+2. The van der Waals surface area contributed by atoms with Gasteiger partial charge < -0.3 is 27.9 Å². The van der Waals surface area contributed by atoms with Crippen LogP contribution in [-0.2, 0) is 18.9 Å². The van der Waals surface area contributed by atoms with E-state index < -0.39 is 0 Å². The highest BCUT2D eigenvalue weighted by atomic mass is 127. The molecule has 0 spiro atoms. The normalized spacial score (nSPS) is 14.0. The van der Waals surface area contributed by atoms with E-state index >= 15 is 0 Å². The van der Waals surface area contributed by atoms with Crippen LogP contribution in [0.25, 0.3) is 0 Å². The van der Waals surface area contributed by atoms with E-state index in [9.17, 15) is 0 Å². The summed E-state index contributed by atoms with van der Waals surface area (Å²) in [5.74, 6) is 0. The Kier molecular flexibility index (Phi) is 35.3. The molecule has 0 aliphatic carbocycles. The second-order valence-electron chi connectivity index (χ2n) is 17.5. The summed E-state index contributed by atoms with van der Waals surface area (Å²) in [5.41, 5.74) is -0.384. The molecule has 0 aromatic carbocycles. The van der Waals surface area contributed by atoms with E-state index in [0.29, 0.717) is 26.4 Å². The van der Waals surface area contributed by atoms with Crippen molar-refractivity contribution in [2.75, 3.05) is 95.0 Å². The summed E-state index contributed by atoms with van der Waals surface area (Å²) in [5, 5.41) is 0. The third-order valence-electron chi connectivity index (χ3n) is 9.98. The van der Waals surface area contributed by atoms with Crippen LogP contribution in [-0.4, -0.2) is 112 Å². The second-order valence-corrected chi connectivity index (χ2v) is 19.8. The zero-order chi connectivity index (χ0) is 38.1. The Morgan fingerprint density at radius 1 is 0.392 bits per heavy atom. The second kappa shape index (κ2) is 34.5. The molecule has 0 fully saturated rings. The van der Waals surface area contributed by atoms with Gasteiger partial charge in [-0.15, -0.1) is 0 Å². The molecule has 51 heavy (non-hydrogen) atoms. The molecule has 0 N–H and O–H groups in total. The van der Waals surface area contributed by atoms with Crippen molar-refractivity contribution in [3.05, 3.63) is 0 Å². The van der Waals surface area contributed by atoms with Crippen LogP contribution in [0, 0.1) is 5.41 Å². The fourth-order valence-electron chi connectivity index (χ4n) is 6.21. The molecule has 0 radical (unpaired) electrons.